The smallest absolute Gasteiger partial charge is 0.196 e. The van der Waals surface area contributed by atoms with Crippen LogP contribution >= 0.6 is 31.9 Å². The van der Waals surface area contributed by atoms with Crippen LogP contribution in [0.1, 0.15) is 15.9 Å². The summed E-state index contributed by atoms with van der Waals surface area (Å²) in [4.78, 5) is 12.5. The Kier molecular flexibility index (Phi) is 5.00. The van der Waals surface area contributed by atoms with E-state index in [1.807, 2.05) is 0 Å². The first-order chi connectivity index (χ1) is 9.99. The van der Waals surface area contributed by atoms with Gasteiger partial charge in [0, 0.05) is 5.56 Å². The van der Waals surface area contributed by atoms with Crippen molar-refractivity contribution in [2.75, 3.05) is 14.2 Å². The van der Waals surface area contributed by atoms with E-state index in [0.29, 0.717) is 26.0 Å². The van der Waals surface area contributed by atoms with E-state index in [9.17, 15) is 9.18 Å². The molecule has 0 saturated heterocycles. The molecule has 2 aromatic rings. The summed E-state index contributed by atoms with van der Waals surface area (Å²) in [6.07, 6.45) is 0. The molecular weight excluding hydrogens is 407 g/mol. The topological polar surface area (TPSA) is 35.5 Å². The number of hydrogen-bond acceptors (Lipinski definition) is 3. The number of ketones is 1. The SMILES string of the molecule is COc1ccc(C(=O)c2ccc(Br)c(F)c2)c(OC)c1Br. The van der Waals surface area contributed by atoms with Crippen LogP contribution in [0.2, 0.25) is 0 Å². The first-order valence-corrected chi connectivity index (χ1v) is 7.48. The van der Waals surface area contributed by atoms with E-state index in [1.54, 1.807) is 18.2 Å². The molecule has 2 aromatic carbocycles. The van der Waals surface area contributed by atoms with Gasteiger partial charge in [0.05, 0.1) is 24.3 Å². The molecule has 110 valence electrons. The molecule has 0 heterocycles. The molecule has 0 aromatic heterocycles. The van der Waals surface area contributed by atoms with Crippen LogP contribution in [0, 0.1) is 5.82 Å². The molecule has 6 heteroatoms. The number of ether oxygens (including phenoxy) is 2. The summed E-state index contributed by atoms with van der Waals surface area (Å²) >= 11 is 6.39. The molecule has 0 aliphatic rings. The van der Waals surface area contributed by atoms with Crippen LogP contribution < -0.4 is 9.47 Å². The van der Waals surface area contributed by atoms with Gasteiger partial charge in [-0.2, -0.15) is 0 Å². The first kappa shape index (κ1) is 16.0. The van der Waals surface area contributed by atoms with Gasteiger partial charge < -0.3 is 9.47 Å². The molecule has 2 rings (SSSR count). The van der Waals surface area contributed by atoms with Crippen LogP contribution in [0.15, 0.2) is 39.3 Å². The number of carbonyl (C=O) groups excluding carboxylic acids is 1. The van der Waals surface area contributed by atoms with Crippen LogP contribution in [0.4, 0.5) is 4.39 Å². The van der Waals surface area contributed by atoms with E-state index in [0.717, 1.165) is 0 Å². The monoisotopic (exact) mass is 416 g/mol. The molecule has 0 bridgehead atoms. The van der Waals surface area contributed by atoms with Gasteiger partial charge in [-0.15, -0.1) is 0 Å². The summed E-state index contributed by atoms with van der Waals surface area (Å²) in [5.41, 5.74) is 0.568. The Morgan fingerprint density at radius 1 is 1.10 bits per heavy atom. The highest BCUT2D eigenvalue weighted by atomic mass is 79.9. The van der Waals surface area contributed by atoms with Crippen LogP contribution in [0.5, 0.6) is 11.5 Å². The number of hydrogen-bond donors (Lipinski definition) is 0. The third-order valence-electron chi connectivity index (χ3n) is 2.91. The fourth-order valence-corrected chi connectivity index (χ4v) is 2.78. The van der Waals surface area contributed by atoms with Crippen molar-refractivity contribution in [2.24, 2.45) is 0 Å². The maximum atomic E-state index is 13.6. The van der Waals surface area contributed by atoms with Crippen molar-refractivity contribution < 1.29 is 18.7 Å². The Morgan fingerprint density at radius 3 is 2.38 bits per heavy atom. The number of methoxy groups -OCH3 is 2. The van der Waals surface area contributed by atoms with E-state index in [1.165, 1.54) is 26.4 Å². The van der Waals surface area contributed by atoms with Crippen LogP contribution in [-0.2, 0) is 0 Å². The van der Waals surface area contributed by atoms with Crippen LogP contribution in [0.3, 0.4) is 0 Å². The van der Waals surface area contributed by atoms with Gasteiger partial charge in [-0.3, -0.25) is 4.79 Å². The first-order valence-electron chi connectivity index (χ1n) is 5.89. The maximum absolute atomic E-state index is 13.6. The second kappa shape index (κ2) is 6.58. The Bertz CT molecular complexity index is 702. The van der Waals surface area contributed by atoms with Crippen molar-refractivity contribution in [1.29, 1.82) is 0 Å². The maximum Gasteiger partial charge on any atom is 0.196 e. The molecule has 0 aliphatic carbocycles. The predicted molar refractivity (Wildman–Crippen MR) is 84.8 cm³/mol. The molecule has 3 nitrogen and oxygen atoms in total. The largest absolute Gasteiger partial charge is 0.495 e. The lowest BCUT2D eigenvalue weighted by Gasteiger charge is -2.12. The normalized spacial score (nSPS) is 10.3. The van der Waals surface area contributed by atoms with E-state index in [-0.39, 0.29) is 11.3 Å². The summed E-state index contributed by atoms with van der Waals surface area (Å²) in [6.45, 7) is 0. The number of benzene rings is 2. The van der Waals surface area contributed by atoms with Crippen LogP contribution in [-0.4, -0.2) is 20.0 Å². The van der Waals surface area contributed by atoms with Crippen molar-refractivity contribution in [2.45, 2.75) is 0 Å². The van der Waals surface area contributed by atoms with Crippen LogP contribution in [0.25, 0.3) is 0 Å². The lowest BCUT2D eigenvalue weighted by molar-refractivity contribution is 0.103. The second-order valence-electron chi connectivity index (χ2n) is 4.12. The molecule has 0 fully saturated rings. The highest BCUT2D eigenvalue weighted by Crippen LogP contribution is 2.38. The Labute approximate surface area is 138 Å². The standard InChI is InChI=1S/C15H11Br2FO3/c1-20-12-6-4-9(15(21-2)13(12)17)14(19)8-3-5-10(16)11(18)7-8/h3-7H,1-2H3. The molecule has 0 N–H and O–H groups in total. The van der Waals surface area contributed by atoms with Gasteiger partial charge in [0.2, 0.25) is 0 Å². The average molecular weight is 418 g/mol. The van der Waals surface area contributed by atoms with Gasteiger partial charge in [0.15, 0.2) is 5.78 Å². The number of halogens is 3. The van der Waals surface area contributed by atoms with E-state index < -0.39 is 5.82 Å². The van der Waals surface area contributed by atoms with Crippen molar-refractivity contribution in [3.8, 4) is 11.5 Å². The fourth-order valence-electron chi connectivity index (χ4n) is 1.87. The van der Waals surface area contributed by atoms with Gasteiger partial charge in [0.25, 0.3) is 0 Å². The fraction of sp³-hybridized carbons (Fsp3) is 0.133. The predicted octanol–water partition coefficient (Wildman–Crippen LogP) is 4.60. The highest BCUT2D eigenvalue weighted by Gasteiger charge is 2.20. The second-order valence-corrected chi connectivity index (χ2v) is 5.77. The third-order valence-corrected chi connectivity index (χ3v) is 4.31. The number of carbonyl (C=O) groups is 1. The minimum atomic E-state index is -0.493. The Balaban J connectivity index is 2.52. The molecule has 0 radical (unpaired) electrons. The lowest BCUT2D eigenvalue weighted by Crippen LogP contribution is -2.05. The zero-order valence-electron chi connectivity index (χ0n) is 11.2. The highest BCUT2D eigenvalue weighted by molar-refractivity contribution is 9.11. The van der Waals surface area contributed by atoms with E-state index >= 15 is 0 Å². The molecule has 0 amide bonds. The minimum Gasteiger partial charge on any atom is -0.495 e. The van der Waals surface area contributed by atoms with Gasteiger partial charge in [0.1, 0.15) is 21.8 Å². The average Bonchev–Trinajstić information content (AvgIpc) is 2.49. The third kappa shape index (κ3) is 3.11. The van der Waals surface area contributed by atoms with Gasteiger partial charge in [-0.05, 0) is 62.2 Å². The zero-order chi connectivity index (χ0) is 15.6. The van der Waals surface area contributed by atoms with Gasteiger partial charge in [-0.25, -0.2) is 4.39 Å². The Hall–Kier alpha value is -1.40. The molecule has 0 unspecified atom stereocenters. The molecule has 0 saturated carbocycles. The van der Waals surface area contributed by atoms with Gasteiger partial charge >= 0.3 is 0 Å². The van der Waals surface area contributed by atoms with E-state index in [4.69, 9.17) is 9.47 Å². The lowest BCUT2D eigenvalue weighted by atomic mass is 10.0. The quantitative estimate of drug-likeness (QED) is 0.682. The summed E-state index contributed by atoms with van der Waals surface area (Å²) in [7, 11) is 2.98. The molecular formula is C15H11Br2FO3. The molecule has 0 atom stereocenters. The van der Waals surface area contributed by atoms with Crippen molar-refractivity contribution in [1.82, 2.24) is 0 Å². The molecule has 0 spiro atoms. The Morgan fingerprint density at radius 2 is 1.81 bits per heavy atom. The van der Waals surface area contributed by atoms with Crippen molar-refractivity contribution >= 4 is 37.6 Å². The van der Waals surface area contributed by atoms with Crippen molar-refractivity contribution in [3.63, 3.8) is 0 Å². The molecule has 21 heavy (non-hydrogen) atoms. The zero-order valence-corrected chi connectivity index (χ0v) is 14.4. The van der Waals surface area contributed by atoms with Gasteiger partial charge in [-0.1, -0.05) is 0 Å². The summed E-state index contributed by atoms with van der Waals surface area (Å²) in [5, 5.41) is 0. The van der Waals surface area contributed by atoms with E-state index in [2.05, 4.69) is 31.9 Å². The number of rotatable bonds is 4. The minimum absolute atomic E-state index is 0.242. The summed E-state index contributed by atoms with van der Waals surface area (Å²) in [6, 6.07) is 7.46. The summed E-state index contributed by atoms with van der Waals surface area (Å²) in [5.74, 6) is 0.0714. The molecule has 0 aliphatic heterocycles. The summed E-state index contributed by atoms with van der Waals surface area (Å²) < 4.78 is 24.8. The van der Waals surface area contributed by atoms with Crippen molar-refractivity contribution in [3.05, 3.63) is 56.2 Å².